The van der Waals surface area contributed by atoms with Crippen LogP contribution in [0.2, 0.25) is 0 Å². The molecular weight excluding hydrogens is 418 g/mol. The van der Waals surface area contributed by atoms with E-state index < -0.39 is 10.8 Å². The molecule has 0 aliphatic carbocycles. The fourth-order valence-electron chi connectivity index (χ4n) is 2.68. The fraction of sp³-hybridized carbons (Fsp3) is 0.111. The Kier molecular flexibility index (Phi) is 5.66. The summed E-state index contributed by atoms with van der Waals surface area (Å²) in [5.41, 5.74) is 0.554. The van der Waals surface area contributed by atoms with Gasteiger partial charge in [0.2, 0.25) is 5.17 Å². The van der Waals surface area contributed by atoms with Crippen LogP contribution < -0.4 is 0 Å². The molecular formula is C18H14ClN5O4S. The van der Waals surface area contributed by atoms with Crippen molar-refractivity contribution in [2.24, 2.45) is 10.1 Å². The minimum Gasteiger partial charge on any atom is -0.457 e. The zero-order chi connectivity index (χ0) is 19.8. The Morgan fingerprint density at radius 3 is 2.86 bits per heavy atom. The van der Waals surface area contributed by atoms with Crippen molar-refractivity contribution in [3.63, 3.8) is 0 Å². The molecule has 2 aliphatic heterocycles. The van der Waals surface area contributed by atoms with Crippen LogP contribution in [0.1, 0.15) is 19.1 Å². The van der Waals surface area contributed by atoms with Crippen molar-refractivity contribution in [1.29, 1.82) is 5.41 Å². The van der Waals surface area contributed by atoms with E-state index in [1.165, 1.54) is 35.0 Å². The maximum atomic E-state index is 12.3. The van der Waals surface area contributed by atoms with E-state index >= 15 is 0 Å². The van der Waals surface area contributed by atoms with Gasteiger partial charge in [0.25, 0.3) is 11.6 Å². The lowest BCUT2D eigenvalue weighted by Gasteiger charge is -2.19. The van der Waals surface area contributed by atoms with Crippen molar-refractivity contribution in [3.05, 3.63) is 57.8 Å². The number of carbonyl (C=O) groups is 1. The van der Waals surface area contributed by atoms with Crippen molar-refractivity contribution in [1.82, 2.24) is 5.01 Å². The molecule has 9 nitrogen and oxygen atoms in total. The third kappa shape index (κ3) is 3.84. The number of nitro benzene ring substituents is 1. The molecule has 1 aromatic heterocycles. The van der Waals surface area contributed by atoms with E-state index in [1.54, 1.807) is 24.3 Å². The second kappa shape index (κ2) is 8.02. The van der Waals surface area contributed by atoms with Crippen molar-refractivity contribution in [2.45, 2.75) is 13.3 Å². The third-order valence-electron chi connectivity index (χ3n) is 4.05. The molecule has 2 aromatic rings. The first-order chi connectivity index (χ1) is 13.5. The number of carbonyl (C=O) groups excluding carboxylic acids is 1. The van der Waals surface area contributed by atoms with Gasteiger partial charge in [0.05, 0.1) is 10.5 Å². The molecule has 1 aromatic carbocycles. The average Bonchev–Trinajstić information content (AvgIpc) is 3.32. The number of nitrogens with zero attached hydrogens (tertiary/aromatic N) is 4. The Bertz CT molecular complexity index is 1120. The predicted molar refractivity (Wildman–Crippen MR) is 113 cm³/mol. The number of hydrogen-bond donors (Lipinski definition) is 1. The van der Waals surface area contributed by atoms with Gasteiger partial charge in [-0.15, -0.1) is 12.4 Å². The average molecular weight is 432 g/mol. The van der Waals surface area contributed by atoms with Gasteiger partial charge in [0.1, 0.15) is 16.6 Å². The van der Waals surface area contributed by atoms with Crippen LogP contribution >= 0.6 is 24.2 Å². The van der Waals surface area contributed by atoms with E-state index in [9.17, 15) is 14.9 Å². The van der Waals surface area contributed by atoms with Crippen LogP contribution in [-0.4, -0.2) is 31.9 Å². The number of aliphatic imine (C=N–C) groups is 1. The van der Waals surface area contributed by atoms with E-state index in [1.807, 2.05) is 6.92 Å². The SMILES string of the molecule is CCC1=NN2C(=N)/C(=C/c3ccc(-c4cccc([N+](=O)[O-])c4)o3)C(=O)N=C2S1.Cl. The summed E-state index contributed by atoms with van der Waals surface area (Å²) in [6, 6.07) is 9.33. The molecule has 148 valence electrons. The Morgan fingerprint density at radius 1 is 1.34 bits per heavy atom. The number of nitro groups is 1. The smallest absolute Gasteiger partial charge is 0.283 e. The maximum Gasteiger partial charge on any atom is 0.283 e. The summed E-state index contributed by atoms with van der Waals surface area (Å²) < 4.78 is 5.70. The van der Waals surface area contributed by atoms with Gasteiger partial charge in [0.15, 0.2) is 5.84 Å². The molecule has 3 heterocycles. The van der Waals surface area contributed by atoms with Crippen molar-refractivity contribution in [2.75, 3.05) is 0 Å². The van der Waals surface area contributed by atoms with Crippen molar-refractivity contribution < 1.29 is 14.1 Å². The van der Waals surface area contributed by atoms with Crippen LogP contribution in [0.3, 0.4) is 0 Å². The second-order valence-corrected chi connectivity index (χ2v) is 6.92. The van der Waals surface area contributed by atoms with Gasteiger partial charge >= 0.3 is 0 Å². The van der Waals surface area contributed by atoms with Crippen LogP contribution in [0.5, 0.6) is 0 Å². The highest BCUT2D eigenvalue weighted by Crippen LogP contribution is 2.30. The summed E-state index contributed by atoms with van der Waals surface area (Å²) in [6.45, 7) is 1.94. The lowest BCUT2D eigenvalue weighted by Crippen LogP contribution is -2.35. The van der Waals surface area contributed by atoms with E-state index in [-0.39, 0.29) is 29.5 Å². The number of thioether (sulfide) groups is 1. The molecule has 4 rings (SSSR count). The third-order valence-corrected chi connectivity index (χ3v) is 5.11. The molecule has 0 unspecified atom stereocenters. The van der Waals surface area contributed by atoms with Gasteiger partial charge in [0, 0.05) is 17.7 Å². The number of fused-ring (bicyclic) bond motifs is 1. The Balaban J connectivity index is 0.00000240. The summed E-state index contributed by atoms with van der Waals surface area (Å²) in [7, 11) is 0. The minimum absolute atomic E-state index is 0. The van der Waals surface area contributed by atoms with Gasteiger partial charge in [-0.2, -0.15) is 15.1 Å². The summed E-state index contributed by atoms with van der Waals surface area (Å²) in [6.07, 6.45) is 2.11. The number of hydrogen-bond acceptors (Lipinski definition) is 7. The molecule has 0 saturated heterocycles. The number of rotatable bonds is 4. The number of halogens is 1. The van der Waals surface area contributed by atoms with Gasteiger partial charge in [-0.25, -0.2) is 0 Å². The lowest BCUT2D eigenvalue weighted by molar-refractivity contribution is -0.384. The molecule has 29 heavy (non-hydrogen) atoms. The second-order valence-electron chi connectivity index (χ2n) is 5.88. The summed E-state index contributed by atoms with van der Waals surface area (Å²) in [5.74, 6) is 0.140. The zero-order valence-electron chi connectivity index (χ0n) is 15.0. The molecule has 0 atom stereocenters. The molecule has 0 spiro atoms. The number of non-ortho nitro benzene ring substituents is 1. The van der Waals surface area contributed by atoms with Gasteiger partial charge in [-0.3, -0.25) is 20.3 Å². The normalized spacial score (nSPS) is 17.0. The maximum absolute atomic E-state index is 12.3. The highest BCUT2D eigenvalue weighted by Gasteiger charge is 2.35. The van der Waals surface area contributed by atoms with Crippen LogP contribution in [0, 0.1) is 15.5 Å². The number of amides is 1. The Hall–Kier alpha value is -3.24. The monoisotopic (exact) mass is 431 g/mol. The molecule has 2 aliphatic rings. The van der Waals surface area contributed by atoms with Crippen molar-refractivity contribution in [3.8, 4) is 11.3 Å². The van der Waals surface area contributed by atoms with E-state index in [2.05, 4.69) is 10.1 Å². The van der Waals surface area contributed by atoms with E-state index in [0.29, 0.717) is 28.7 Å². The molecule has 0 fully saturated rings. The van der Waals surface area contributed by atoms with Crippen molar-refractivity contribution >= 4 is 57.9 Å². The first kappa shape index (κ1) is 20.5. The molecule has 1 N–H and O–H groups in total. The topological polar surface area (TPSA) is 125 Å². The number of furan rings is 1. The molecule has 0 radical (unpaired) electrons. The van der Waals surface area contributed by atoms with E-state index in [4.69, 9.17) is 9.83 Å². The first-order valence-corrected chi connectivity index (χ1v) is 9.11. The minimum atomic E-state index is -0.537. The van der Waals surface area contributed by atoms with Gasteiger partial charge in [-0.1, -0.05) is 19.1 Å². The van der Waals surface area contributed by atoms with E-state index in [0.717, 1.165) is 5.04 Å². The first-order valence-electron chi connectivity index (χ1n) is 8.30. The number of benzene rings is 1. The number of hydrazone groups is 1. The van der Waals surface area contributed by atoms with Crippen LogP contribution in [0.15, 0.2) is 56.5 Å². The highest BCUT2D eigenvalue weighted by molar-refractivity contribution is 8.26. The van der Waals surface area contributed by atoms with Gasteiger partial charge in [-0.05, 0) is 36.4 Å². The summed E-state index contributed by atoms with van der Waals surface area (Å²) >= 11 is 1.27. The number of nitrogens with one attached hydrogen (secondary N) is 1. The Labute approximate surface area is 175 Å². The molecule has 1 amide bonds. The van der Waals surface area contributed by atoms with Crippen LogP contribution in [-0.2, 0) is 4.79 Å². The van der Waals surface area contributed by atoms with Crippen LogP contribution in [0.25, 0.3) is 17.4 Å². The number of amidine groups is 2. The van der Waals surface area contributed by atoms with Gasteiger partial charge < -0.3 is 4.42 Å². The quantitative estimate of drug-likeness (QED) is 0.437. The lowest BCUT2D eigenvalue weighted by atomic mass is 10.1. The molecule has 11 heteroatoms. The fourth-order valence-corrected chi connectivity index (χ4v) is 3.50. The Morgan fingerprint density at radius 2 is 2.14 bits per heavy atom. The highest BCUT2D eigenvalue weighted by atomic mass is 35.5. The zero-order valence-corrected chi connectivity index (χ0v) is 16.6. The predicted octanol–water partition coefficient (Wildman–Crippen LogP) is 4.31. The van der Waals surface area contributed by atoms with Crippen LogP contribution in [0.4, 0.5) is 5.69 Å². The standard InChI is InChI=1S/C18H13N5O4S.ClH/c1-2-15-21-22-16(19)13(17(24)20-18(22)28-15)9-12-6-7-14(27-12)10-4-3-5-11(8-10)23(25)26;/h3-9,19H,2H2,1H3;1H/b13-9-,19-16?;. The summed E-state index contributed by atoms with van der Waals surface area (Å²) in [4.78, 5) is 26.8. The summed E-state index contributed by atoms with van der Waals surface area (Å²) in [5, 5.41) is 26.0. The molecule has 0 bridgehead atoms. The largest absolute Gasteiger partial charge is 0.457 e. The molecule has 0 saturated carbocycles.